The van der Waals surface area contributed by atoms with Gasteiger partial charge in [-0.25, -0.2) is 0 Å². The van der Waals surface area contributed by atoms with Crippen LogP contribution in [0.1, 0.15) is 27.2 Å². The summed E-state index contributed by atoms with van der Waals surface area (Å²) in [5, 5.41) is 3.86. The average molecular weight is 449 g/mol. The normalized spacial score (nSPS) is 18.5. The summed E-state index contributed by atoms with van der Waals surface area (Å²) in [7, 11) is 1.73. The lowest BCUT2D eigenvalue weighted by Gasteiger charge is -2.51. The van der Waals surface area contributed by atoms with Gasteiger partial charge in [-0.1, -0.05) is 23.7 Å². The number of aryl methyl sites for hydroxylation is 1. The Hall–Kier alpha value is -2.67. The highest BCUT2D eigenvalue weighted by atomic mass is 35.5. The van der Waals surface area contributed by atoms with Crippen LogP contribution in [-0.2, 0) is 23.0 Å². The van der Waals surface area contributed by atoms with E-state index in [1.54, 1.807) is 7.11 Å². The van der Waals surface area contributed by atoms with Gasteiger partial charge in [0.25, 0.3) is 5.91 Å². The summed E-state index contributed by atoms with van der Waals surface area (Å²) < 4.78 is 5.24. The van der Waals surface area contributed by atoms with Gasteiger partial charge >= 0.3 is 0 Å². The summed E-state index contributed by atoms with van der Waals surface area (Å²) in [5.74, 6) is 0.0473. The van der Waals surface area contributed by atoms with Gasteiger partial charge in [-0.15, -0.1) is 0 Å². The zero-order chi connectivity index (χ0) is 21.9. The Labute approximate surface area is 191 Å². The van der Waals surface area contributed by atoms with Crippen molar-refractivity contribution in [1.29, 1.82) is 0 Å². The molecule has 0 saturated carbocycles. The van der Waals surface area contributed by atoms with Crippen molar-refractivity contribution in [3.8, 4) is 22.5 Å². The summed E-state index contributed by atoms with van der Waals surface area (Å²) in [6.45, 7) is 4.18. The third-order valence-electron chi connectivity index (χ3n) is 7.13. The van der Waals surface area contributed by atoms with Gasteiger partial charge in [0.15, 0.2) is 0 Å². The van der Waals surface area contributed by atoms with E-state index in [2.05, 4.69) is 21.3 Å². The number of benzene rings is 1. The van der Waals surface area contributed by atoms with E-state index in [-0.39, 0.29) is 11.3 Å². The standard InChI is InChI=1S/C25H25ClN4O2/c1-32-8-7-30-13-25(14-30)12-28-24(31)21-18-6-5-16-11-27-20(15-3-2-4-17(26)9-15)10-19(16)22(18)29-23(21)25/h2-4,9-11,29H,5-8,12-14H2,1H3,(H,28,31). The number of carbonyl (C=O) groups is 1. The van der Waals surface area contributed by atoms with Crippen LogP contribution in [0.5, 0.6) is 0 Å². The maximum atomic E-state index is 12.9. The van der Waals surface area contributed by atoms with Crippen LogP contribution in [0.3, 0.4) is 0 Å². The molecule has 1 saturated heterocycles. The van der Waals surface area contributed by atoms with Crippen LogP contribution < -0.4 is 5.32 Å². The van der Waals surface area contributed by atoms with Gasteiger partial charge in [0, 0.05) is 61.3 Å². The van der Waals surface area contributed by atoms with Crippen molar-refractivity contribution in [2.24, 2.45) is 0 Å². The van der Waals surface area contributed by atoms with Gasteiger partial charge in [0.1, 0.15) is 0 Å². The maximum Gasteiger partial charge on any atom is 0.253 e. The van der Waals surface area contributed by atoms with Crippen molar-refractivity contribution in [1.82, 2.24) is 20.2 Å². The first-order valence-electron chi connectivity index (χ1n) is 11.1. The number of nitrogens with zero attached hydrogens (tertiary/aromatic N) is 2. The second-order valence-electron chi connectivity index (χ2n) is 9.13. The second-order valence-corrected chi connectivity index (χ2v) is 9.57. The number of hydrogen-bond donors (Lipinski definition) is 2. The van der Waals surface area contributed by atoms with Gasteiger partial charge in [-0.3, -0.25) is 14.7 Å². The molecule has 1 aromatic carbocycles. The molecule has 6 nitrogen and oxygen atoms in total. The van der Waals surface area contributed by atoms with Gasteiger partial charge in [0.05, 0.1) is 29.0 Å². The largest absolute Gasteiger partial charge is 0.383 e. The minimum atomic E-state index is -0.0443. The van der Waals surface area contributed by atoms with Crippen molar-refractivity contribution in [3.05, 3.63) is 63.9 Å². The zero-order valence-electron chi connectivity index (χ0n) is 18.0. The minimum Gasteiger partial charge on any atom is -0.383 e. The molecule has 1 amide bonds. The minimum absolute atomic E-state index is 0.0443. The molecule has 3 aliphatic rings. The molecule has 2 aliphatic heterocycles. The number of carbonyl (C=O) groups excluding carboxylic acids is 1. The number of aromatic amines is 1. The summed E-state index contributed by atoms with van der Waals surface area (Å²) in [5.41, 5.74) is 8.38. The molecule has 4 heterocycles. The number of fused-ring (bicyclic) bond motifs is 6. The van der Waals surface area contributed by atoms with E-state index in [1.165, 1.54) is 5.56 Å². The SMILES string of the molecule is COCCN1CC2(CNC(=O)c3c2[nH]c2c3CCc3cnc(-c4cccc(Cl)c4)cc3-2)C1. The summed E-state index contributed by atoms with van der Waals surface area (Å²) in [6.07, 6.45) is 3.71. The summed E-state index contributed by atoms with van der Waals surface area (Å²) >= 11 is 6.21. The second kappa shape index (κ2) is 7.44. The molecule has 0 unspecified atom stereocenters. The topological polar surface area (TPSA) is 70.2 Å². The molecule has 32 heavy (non-hydrogen) atoms. The van der Waals surface area contributed by atoms with Crippen LogP contribution in [0.4, 0.5) is 0 Å². The van der Waals surface area contributed by atoms with E-state index in [4.69, 9.17) is 21.3 Å². The molecular formula is C25H25ClN4O2. The molecular weight excluding hydrogens is 424 g/mol. The third-order valence-corrected chi connectivity index (χ3v) is 7.37. The number of likely N-dealkylation sites (tertiary alicyclic amines) is 1. The van der Waals surface area contributed by atoms with Crippen LogP contribution in [0, 0.1) is 0 Å². The highest BCUT2D eigenvalue weighted by molar-refractivity contribution is 6.30. The summed E-state index contributed by atoms with van der Waals surface area (Å²) in [4.78, 5) is 23.8. The first kappa shape index (κ1) is 20.0. The monoisotopic (exact) mass is 448 g/mol. The van der Waals surface area contributed by atoms with Crippen molar-refractivity contribution in [2.45, 2.75) is 18.3 Å². The lowest BCUT2D eigenvalue weighted by molar-refractivity contribution is 0.0318. The molecule has 6 rings (SSSR count). The number of hydrogen-bond acceptors (Lipinski definition) is 4. The van der Waals surface area contributed by atoms with Crippen LogP contribution in [-0.4, -0.2) is 60.7 Å². The van der Waals surface area contributed by atoms with Crippen LogP contribution in [0.2, 0.25) is 5.02 Å². The highest BCUT2D eigenvalue weighted by Crippen LogP contribution is 2.45. The van der Waals surface area contributed by atoms with Crippen LogP contribution in [0.25, 0.3) is 22.5 Å². The molecule has 2 aromatic heterocycles. The molecule has 1 spiro atoms. The number of aromatic nitrogens is 2. The Balaban J connectivity index is 1.42. The van der Waals surface area contributed by atoms with Crippen molar-refractivity contribution >= 4 is 17.5 Å². The third kappa shape index (κ3) is 3.01. The number of pyridine rings is 1. The summed E-state index contributed by atoms with van der Waals surface area (Å²) in [6, 6.07) is 9.91. The lowest BCUT2D eigenvalue weighted by atomic mass is 9.72. The maximum absolute atomic E-state index is 12.9. The molecule has 0 bridgehead atoms. The van der Waals surface area contributed by atoms with Crippen LogP contribution in [0.15, 0.2) is 36.5 Å². The van der Waals surface area contributed by atoms with Crippen molar-refractivity contribution in [3.63, 3.8) is 0 Å². The molecule has 164 valence electrons. The first-order chi connectivity index (χ1) is 15.6. The Kier molecular flexibility index (Phi) is 4.64. The molecule has 0 radical (unpaired) electrons. The molecule has 1 fully saturated rings. The Morgan fingerprint density at radius 3 is 2.94 bits per heavy atom. The Bertz CT molecular complexity index is 1230. The number of methoxy groups -OCH3 is 1. The average Bonchev–Trinajstić information content (AvgIpc) is 3.18. The van der Waals surface area contributed by atoms with E-state index in [9.17, 15) is 4.79 Å². The number of rotatable bonds is 4. The predicted octanol–water partition coefficient (Wildman–Crippen LogP) is 3.44. The van der Waals surface area contributed by atoms with E-state index in [0.29, 0.717) is 11.6 Å². The molecule has 1 aliphatic carbocycles. The van der Waals surface area contributed by atoms with E-state index >= 15 is 0 Å². The van der Waals surface area contributed by atoms with E-state index < -0.39 is 0 Å². The Morgan fingerprint density at radius 2 is 2.12 bits per heavy atom. The lowest BCUT2D eigenvalue weighted by Crippen LogP contribution is -2.66. The number of halogens is 1. The molecule has 3 aromatic rings. The molecule has 0 atom stereocenters. The fourth-order valence-electron chi connectivity index (χ4n) is 5.53. The number of nitrogens with one attached hydrogen (secondary N) is 2. The fraction of sp³-hybridized carbons (Fsp3) is 0.360. The van der Waals surface area contributed by atoms with Crippen molar-refractivity contribution < 1.29 is 9.53 Å². The smallest absolute Gasteiger partial charge is 0.253 e. The van der Waals surface area contributed by atoms with E-state index in [0.717, 1.165) is 78.4 Å². The van der Waals surface area contributed by atoms with E-state index in [1.807, 2.05) is 30.5 Å². The quantitative estimate of drug-likeness (QED) is 0.641. The number of ether oxygens (including phenoxy) is 1. The Morgan fingerprint density at radius 1 is 1.25 bits per heavy atom. The molecule has 2 N–H and O–H groups in total. The first-order valence-corrected chi connectivity index (χ1v) is 11.5. The van der Waals surface area contributed by atoms with Gasteiger partial charge < -0.3 is 15.0 Å². The highest BCUT2D eigenvalue weighted by Gasteiger charge is 2.51. The van der Waals surface area contributed by atoms with Gasteiger partial charge in [0.2, 0.25) is 0 Å². The number of H-pyrrole nitrogens is 1. The van der Waals surface area contributed by atoms with Gasteiger partial charge in [-0.05, 0) is 42.2 Å². The van der Waals surface area contributed by atoms with Gasteiger partial charge in [-0.2, -0.15) is 0 Å². The molecule has 7 heteroatoms. The zero-order valence-corrected chi connectivity index (χ0v) is 18.8. The van der Waals surface area contributed by atoms with Crippen LogP contribution >= 0.6 is 11.6 Å². The predicted molar refractivity (Wildman–Crippen MR) is 124 cm³/mol. The number of amides is 1. The fourth-order valence-corrected chi connectivity index (χ4v) is 5.72. The van der Waals surface area contributed by atoms with Crippen molar-refractivity contribution in [2.75, 3.05) is 39.9 Å².